The molecular formula is C21H16BrClN2O3. The van der Waals surface area contributed by atoms with Gasteiger partial charge in [0, 0.05) is 21.3 Å². The Morgan fingerprint density at radius 1 is 1.18 bits per heavy atom. The molecule has 1 unspecified atom stereocenters. The van der Waals surface area contributed by atoms with Crippen LogP contribution < -0.4 is 0 Å². The van der Waals surface area contributed by atoms with Crippen molar-refractivity contribution in [2.75, 3.05) is 0 Å². The van der Waals surface area contributed by atoms with Crippen LogP contribution >= 0.6 is 27.5 Å². The number of carbonyl (C=O) groups excluding carboxylic acids is 1. The van der Waals surface area contributed by atoms with Gasteiger partial charge in [-0.05, 0) is 59.5 Å². The van der Waals surface area contributed by atoms with Gasteiger partial charge in [0.05, 0.1) is 27.8 Å². The van der Waals surface area contributed by atoms with Crippen molar-refractivity contribution < 1.29 is 14.7 Å². The average molecular weight is 460 g/mol. The van der Waals surface area contributed by atoms with Gasteiger partial charge in [0.25, 0.3) is 0 Å². The monoisotopic (exact) mass is 458 g/mol. The Bertz CT molecular complexity index is 1060. The number of hydrogen-bond acceptors (Lipinski definition) is 3. The molecule has 0 saturated heterocycles. The molecule has 0 spiro atoms. The lowest BCUT2D eigenvalue weighted by molar-refractivity contribution is 0.0696. The highest BCUT2D eigenvalue weighted by molar-refractivity contribution is 9.10. The van der Waals surface area contributed by atoms with Gasteiger partial charge in [-0.1, -0.05) is 29.8 Å². The molecule has 0 bridgehead atoms. The number of fused-ring (bicyclic) bond motifs is 1. The maximum atomic E-state index is 13.4. The molecule has 2 N–H and O–H groups in total. The van der Waals surface area contributed by atoms with Gasteiger partial charge < -0.3 is 5.11 Å². The molecule has 0 saturated carbocycles. The maximum absolute atomic E-state index is 13.4. The van der Waals surface area contributed by atoms with E-state index in [2.05, 4.69) is 26.1 Å². The van der Waals surface area contributed by atoms with Crippen LogP contribution in [0.1, 0.15) is 50.7 Å². The summed E-state index contributed by atoms with van der Waals surface area (Å²) in [6, 6.07) is 11.9. The third kappa shape index (κ3) is 3.27. The minimum atomic E-state index is -0.979. The van der Waals surface area contributed by atoms with E-state index in [1.54, 1.807) is 36.4 Å². The van der Waals surface area contributed by atoms with Gasteiger partial charge in [0.1, 0.15) is 0 Å². The summed E-state index contributed by atoms with van der Waals surface area (Å²) in [5.74, 6) is -1.37. The Labute approximate surface area is 174 Å². The predicted molar refractivity (Wildman–Crippen MR) is 110 cm³/mol. The van der Waals surface area contributed by atoms with E-state index in [0.717, 1.165) is 29.7 Å². The van der Waals surface area contributed by atoms with E-state index in [0.29, 0.717) is 27.2 Å². The number of nitrogens with one attached hydrogen (secondary N) is 1. The second kappa shape index (κ2) is 7.53. The number of Topliss-reactive ketones (excluding diaryl/α,β-unsaturated/α-hetero) is 1. The summed E-state index contributed by atoms with van der Waals surface area (Å²) >= 11 is 9.76. The number of rotatable bonds is 4. The molecule has 0 aliphatic heterocycles. The number of carboxylic acid groups (broad SMARTS) is 1. The zero-order valence-corrected chi connectivity index (χ0v) is 17.0. The van der Waals surface area contributed by atoms with Gasteiger partial charge in [-0.15, -0.1) is 0 Å². The number of hydrogen-bond donors (Lipinski definition) is 2. The van der Waals surface area contributed by atoms with Crippen LogP contribution in [0.15, 0.2) is 46.9 Å². The lowest BCUT2D eigenvalue weighted by atomic mass is 9.79. The van der Waals surface area contributed by atoms with Gasteiger partial charge in [0.2, 0.25) is 0 Å². The highest BCUT2D eigenvalue weighted by Gasteiger charge is 2.33. The van der Waals surface area contributed by atoms with Crippen molar-refractivity contribution in [3.05, 3.63) is 74.3 Å². The number of aryl methyl sites for hydroxylation is 1. The molecule has 28 heavy (non-hydrogen) atoms. The summed E-state index contributed by atoms with van der Waals surface area (Å²) in [5, 5.41) is 17.0. The zero-order chi connectivity index (χ0) is 19.8. The lowest BCUT2D eigenvalue weighted by Crippen LogP contribution is -2.19. The summed E-state index contributed by atoms with van der Waals surface area (Å²) in [5.41, 5.74) is 3.99. The summed E-state index contributed by atoms with van der Waals surface area (Å²) in [7, 11) is 0. The topological polar surface area (TPSA) is 83.0 Å². The smallest absolute Gasteiger partial charge is 0.335 e. The second-order valence-electron chi connectivity index (χ2n) is 6.75. The summed E-state index contributed by atoms with van der Waals surface area (Å²) in [6.45, 7) is 0. The van der Waals surface area contributed by atoms with Crippen molar-refractivity contribution in [3.8, 4) is 11.3 Å². The fourth-order valence-electron chi connectivity index (χ4n) is 3.74. The number of nitrogens with zero attached hydrogens (tertiary/aromatic N) is 1. The SMILES string of the molecule is O=C(O)c1ccc(-c2n[nH]c3c2C(C(=O)c2c(Cl)cccc2Br)CCC3)cc1. The van der Waals surface area contributed by atoms with E-state index in [-0.39, 0.29) is 17.3 Å². The van der Waals surface area contributed by atoms with E-state index >= 15 is 0 Å². The first-order valence-corrected chi connectivity index (χ1v) is 10.0. The number of halogens is 2. The first kappa shape index (κ1) is 18.9. The molecule has 0 amide bonds. The highest BCUT2D eigenvalue weighted by Crippen LogP contribution is 2.41. The second-order valence-corrected chi connectivity index (χ2v) is 8.01. The van der Waals surface area contributed by atoms with Crippen LogP contribution in [0.2, 0.25) is 5.02 Å². The largest absolute Gasteiger partial charge is 0.478 e. The molecule has 1 aliphatic carbocycles. The third-order valence-electron chi connectivity index (χ3n) is 5.08. The molecule has 4 rings (SSSR count). The molecule has 2 aromatic carbocycles. The Morgan fingerprint density at radius 3 is 2.61 bits per heavy atom. The molecule has 1 heterocycles. The Balaban J connectivity index is 1.78. The molecule has 0 fully saturated rings. The van der Waals surface area contributed by atoms with E-state index in [1.165, 1.54) is 0 Å². The minimum Gasteiger partial charge on any atom is -0.478 e. The number of benzene rings is 2. The Kier molecular flexibility index (Phi) is 5.08. The van der Waals surface area contributed by atoms with Crippen LogP contribution in [0, 0.1) is 0 Å². The number of carboxylic acids is 1. The highest BCUT2D eigenvalue weighted by atomic mass is 79.9. The molecule has 3 aromatic rings. The van der Waals surface area contributed by atoms with Crippen LogP contribution in [0.3, 0.4) is 0 Å². The molecule has 1 atom stereocenters. The molecular weight excluding hydrogens is 444 g/mol. The summed E-state index contributed by atoms with van der Waals surface area (Å²) in [4.78, 5) is 24.5. The fraction of sp³-hybridized carbons (Fsp3) is 0.190. The summed E-state index contributed by atoms with van der Waals surface area (Å²) in [6.07, 6.45) is 2.41. The van der Waals surface area contributed by atoms with Gasteiger partial charge >= 0.3 is 5.97 Å². The maximum Gasteiger partial charge on any atom is 0.335 e. The number of aromatic carboxylic acids is 1. The van der Waals surface area contributed by atoms with Gasteiger partial charge in [-0.25, -0.2) is 4.79 Å². The number of carbonyl (C=O) groups is 2. The molecule has 1 aromatic heterocycles. The van der Waals surface area contributed by atoms with Crippen LogP contribution in [0.4, 0.5) is 0 Å². The van der Waals surface area contributed by atoms with Crippen molar-refractivity contribution in [1.29, 1.82) is 0 Å². The molecule has 0 radical (unpaired) electrons. The third-order valence-corrected chi connectivity index (χ3v) is 6.06. The van der Waals surface area contributed by atoms with Crippen LogP contribution in [0.5, 0.6) is 0 Å². The first-order chi connectivity index (χ1) is 13.5. The van der Waals surface area contributed by atoms with E-state index < -0.39 is 5.97 Å². The van der Waals surface area contributed by atoms with Gasteiger partial charge in [0.15, 0.2) is 5.78 Å². The number of H-pyrrole nitrogens is 1. The van der Waals surface area contributed by atoms with Gasteiger partial charge in [-0.3, -0.25) is 9.89 Å². The quantitative estimate of drug-likeness (QED) is 0.505. The van der Waals surface area contributed by atoms with E-state index in [1.807, 2.05) is 6.07 Å². The fourth-order valence-corrected chi connectivity index (χ4v) is 4.68. The van der Waals surface area contributed by atoms with E-state index in [4.69, 9.17) is 16.7 Å². The van der Waals surface area contributed by atoms with Crippen molar-refractivity contribution in [2.45, 2.75) is 25.2 Å². The van der Waals surface area contributed by atoms with Crippen molar-refractivity contribution >= 4 is 39.3 Å². The van der Waals surface area contributed by atoms with Crippen LogP contribution in [-0.4, -0.2) is 27.1 Å². The normalized spacial score (nSPS) is 15.9. The molecule has 7 heteroatoms. The van der Waals surface area contributed by atoms with E-state index in [9.17, 15) is 9.59 Å². The number of aromatic amines is 1. The Morgan fingerprint density at radius 2 is 1.93 bits per heavy atom. The Hall–Kier alpha value is -2.44. The van der Waals surface area contributed by atoms with Crippen molar-refractivity contribution in [1.82, 2.24) is 10.2 Å². The van der Waals surface area contributed by atoms with Crippen molar-refractivity contribution in [3.63, 3.8) is 0 Å². The minimum absolute atomic E-state index is 0.0387. The summed E-state index contributed by atoms with van der Waals surface area (Å²) < 4.78 is 0.674. The van der Waals surface area contributed by atoms with Crippen LogP contribution in [0.25, 0.3) is 11.3 Å². The molecule has 1 aliphatic rings. The lowest BCUT2D eigenvalue weighted by Gasteiger charge is -2.23. The predicted octanol–water partition coefficient (Wildman–Crippen LogP) is 5.49. The molecule has 5 nitrogen and oxygen atoms in total. The van der Waals surface area contributed by atoms with Crippen LogP contribution in [-0.2, 0) is 6.42 Å². The number of ketones is 1. The first-order valence-electron chi connectivity index (χ1n) is 8.86. The zero-order valence-electron chi connectivity index (χ0n) is 14.7. The molecule has 142 valence electrons. The average Bonchev–Trinajstić information content (AvgIpc) is 3.12. The standard InChI is InChI=1S/C21H16BrClN2O3/c22-14-4-2-5-15(23)18(14)20(26)13-3-1-6-16-17(13)19(25-24-16)11-7-9-12(10-8-11)21(27)28/h2,4-5,7-10,13H,1,3,6H2,(H,24,25)(H,27,28). The van der Waals surface area contributed by atoms with Crippen molar-refractivity contribution in [2.24, 2.45) is 0 Å². The van der Waals surface area contributed by atoms with Gasteiger partial charge in [-0.2, -0.15) is 5.10 Å². The number of aromatic nitrogens is 2.